The predicted molar refractivity (Wildman–Crippen MR) is 83.6 cm³/mol. The normalized spacial score (nSPS) is 24.5. The van der Waals surface area contributed by atoms with Gasteiger partial charge in [-0.25, -0.2) is 9.98 Å². The van der Waals surface area contributed by atoms with Crippen LogP contribution in [0.4, 0.5) is 0 Å². The van der Waals surface area contributed by atoms with Gasteiger partial charge in [-0.2, -0.15) is 0 Å². The summed E-state index contributed by atoms with van der Waals surface area (Å²) in [4.78, 5) is 12.5. The van der Waals surface area contributed by atoms with Crippen LogP contribution in [0.2, 0.25) is 0 Å². The van der Waals surface area contributed by atoms with Crippen molar-refractivity contribution < 1.29 is 0 Å². The van der Waals surface area contributed by atoms with Crippen LogP contribution in [0.15, 0.2) is 51.3 Å². The molecular formula is C15H22N4. The van der Waals surface area contributed by atoms with Gasteiger partial charge in [0, 0.05) is 35.7 Å². The second-order valence-electron chi connectivity index (χ2n) is 5.41. The van der Waals surface area contributed by atoms with Gasteiger partial charge in [-0.3, -0.25) is 4.99 Å². The average Bonchev–Trinajstić information content (AvgIpc) is 2.54. The second-order valence-corrected chi connectivity index (χ2v) is 5.41. The molecule has 19 heavy (non-hydrogen) atoms. The van der Waals surface area contributed by atoms with Gasteiger partial charge in [-0.05, 0) is 25.6 Å². The van der Waals surface area contributed by atoms with Crippen molar-refractivity contribution in [1.82, 2.24) is 0 Å². The van der Waals surface area contributed by atoms with Crippen LogP contribution in [0.1, 0.15) is 27.7 Å². The summed E-state index contributed by atoms with van der Waals surface area (Å²) in [7, 11) is 0. The molecule has 0 aliphatic carbocycles. The molecular weight excluding hydrogens is 236 g/mol. The first-order chi connectivity index (χ1) is 8.90. The smallest absolute Gasteiger partial charge is 0.114 e. The first-order valence-corrected chi connectivity index (χ1v) is 6.24. The van der Waals surface area contributed by atoms with Crippen LogP contribution in [0.5, 0.6) is 0 Å². The topological polar surface area (TPSA) is 63.1 Å². The molecule has 0 fully saturated rings. The maximum absolute atomic E-state index is 5.40. The number of hydrogen-bond donors (Lipinski definition) is 1. The molecule has 4 heteroatoms. The van der Waals surface area contributed by atoms with Gasteiger partial charge in [0.05, 0.1) is 0 Å². The summed E-state index contributed by atoms with van der Waals surface area (Å²) in [6.45, 7) is 8.20. The van der Waals surface area contributed by atoms with Crippen molar-refractivity contribution in [3.05, 3.63) is 36.3 Å². The van der Waals surface area contributed by atoms with Crippen LogP contribution in [-0.4, -0.2) is 18.8 Å². The van der Waals surface area contributed by atoms with Crippen molar-refractivity contribution in [2.75, 3.05) is 0 Å². The zero-order chi connectivity index (χ0) is 14.4. The molecule has 1 unspecified atom stereocenters. The van der Waals surface area contributed by atoms with E-state index in [2.05, 4.69) is 21.9 Å². The summed E-state index contributed by atoms with van der Waals surface area (Å²) >= 11 is 0. The third-order valence-corrected chi connectivity index (χ3v) is 3.03. The van der Waals surface area contributed by atoms with Crippen LogP contribution < -0.4 is 5.73 Å². The fourth-order valence-corrected chi connectivity index (χ4v) is 1.51. The molecule has 4 nitrogen and oxygen atoms in total. The number of hydrogen-bond acceptors (Lipinski definition) is 4. The standard InChI is InChI=1S/C15H22N4/c1-13(9-18-10-14(2,3)5-7-16)15(4)6-8-17-12-19-11-15/h5-12H,16H2,1-4H3/b7-5-,13-9+,18-10?. The molecule has 1 heterocycles. The fraction of sp³-hybridized carbons (Fsp3) is 0.400. The van der Waals surface area contributed by atoms with Crippen molar-refractivity contribution in [3.63, 3.8) is 0 Å². The molecule has 0 saturated heterocycles. The van der Waals surface area contributed by atoms with Crippen molar-refractivity contribution in [1.29, 1.82) is 0 Å². The molecule has 1 atom stereocenters. The predicted octanol–water partition coefficient (Wildman–Crippen LogP) is 3.09. The molecule has 0 aromatic rings. The van der Waals surface area contributed by atoms with E-state index in [1.807, 2.05) is 51.6 Å². The molecule has 0 spiro atoms. The van der Waals surface area contributed by atoms with E-state index in [1.54, 1.807) is 12.4 Å². The van der Waals surface area contributed by atoms with Crippen LogP contribution >= 0.6 is 0 Å². The van der Waals surface area contributed by atoms with Crippen molar-refractivity contribution >= 4 is 18.8 Å². The van der Waals surface area contributed by atoms with E-state index < -0.39 is 0 Å². The van der Waals surface area contributed by atoms with Gasteiger partial charge in [0.2, 0.25) is 0 Å². The van der Waals surface area contributed by atoms with Crippen molar-refractivity contribution in [2.24, 2.45) is 31.5 Å². The van der Waals surface area contributed by atoms with E-state index in [-0.39, 0.29) is 10.8 Å². The van der Waals surface area contributed by atoms with Gasteiger partial charge in [0.25, 0.3) is 0 Å². The lowest BCUT2D eigenvalue weighted by Gasteiger charge is -2.20. The Bertz CT molecular complexity index is 460. The van der Waals surface area contributed by atoms with Crippen LogP contribution in [0.3, 0.4) is 0 Å². The summed E-state index contributed by atoms with van der Waals surface area (Å²) in [6.07, 6.45) is 14.3. The summed E-state index contributed by atoms with van der Waals surface area (Å²) in [5, 5.41) is 0. The second kappa shape index (κ2) is 6.27. The van der Waals surface area contributed by atoms with Gasteiger partial charge in [-0.1, -0.05) is 26.0 Å². The maximum Gasteiger partial charge on any atom is 0.114 e. The zero-order valence-electron chi connectivity index (χ0n) is 12.0. The quantitative estimate of drug-likeness (QED) is 0.774. The van der Waals surface area contributed by atoms with Gasteiger partial charge >= 0.3 is 0 Å². The Kier molecular flexibility index (Phi) is 4.98. The first kappa shape index (κ1) is 15.1. The molecule has 2 N–H and O–H groups in total. The van der Waals surface area contributed by atoms with E-state index in [4.69, 9.17) is 5.73 Å². The van der Waals surface area contributed by atoms with E-state index in [9.17, 15) is 0 Å². The third kappa shape index (κ3) is 4.66. The Balaban J connectivity index is 2.86. The highest BCUT2D eigenvalue weighted by molar-refractivity contribution is 5.81. The Morgan fingerprint density at radius 2 is 2.11 bits per heavy atom. The summed E-state index contributed by atoms with van der Waals surface area (Å²) in [5.74, 6) is 0. The van der Waals surface area contributed by atoms with E-state index >= 15 is 0 Å². The number of rotatable bonds is 4. The molecule has 0 aromatic heterocycles. The minimum Gasteiger partial charge on any atom is -0.405 e. The summed E-state index contributed by atoms with van der Waals surface area (Å²) < 4.78 is 0. The largest absolute Gasteiger partial charge is 0.405 e. The highest BCUT2D eigenvalue weighted by Crippen LogP contribution is 2.27. The van der Waals surface area contributed by atoms with Crippen LogP contribution in [0, 0.1) is 10.8 Å². The average molecular weight is 258 g/mol. The number of allylic oxidation sites excluding steroid dienone is 3. The van der Waals surface area contributed by atoms with Crippen molar-refractivity contribution in [3.8, 4) is 0 Å². The monoisotopic (exact) mass is 258 g/mol. The highest BCUT2D eigenvalue weighted by Gasteiger charge is 2.21. The third-order valence-electron chi connectivity index (χ3n) is 3.03. The minimum absolute atomic E-state index is 0.150. The van der Waals surface area contributed by atoms with E-state index in [0.29, 0.717) is 0 Å². The molecule has 0 aromatic carbocycles. The SMILES string of the molecule is C/C(=C\N=CC(C)(C)/C=C\N)C1(C)C=CN=CN=C1. The molecule has 0 saturated carbocycles. The first-order valence-electron chi connectivity index (χ1n) is 6.24. The summed E-state index contributed by atoms with van der Waals surface area (Å²) in [5.41, 5.74) is 6.10. The van der Waals surface area contributed by atoms with Crippen molar-refractivity contribution in [2.45, 2.75) is 27.7 Å². The van der Waals surface area contributed by atoms with Gasteiger partial charge < -0.3 is 5.73 Å². The molecule has 0 radical (unpaired) electrons. The van der Waals surface area contributed by atoms with Crippen LogP contribution in [-0.2, 0) is 0 Å². The number of aliphatic imine (C=N–C) groups is 3. The van der Waals surface area contributed by atoms with E-state index in [0.717, 1.165) is 5.57 Å². The number of nitrogens with zero attached hydrogens (tertiary/aromatic N) is 3. The lowest BCUT2D eigenvalue weighted by molar-refractivity contribution is 0.690. The fourth-order valence-electron chi connectivity index (χ4n) is 1.51. The maximum atomic E-state index is 5.40. The Hall–Kier alpha value is -1.97. The molecule has 1 aliphatic rings. The minimum atomic E-state index is -0.248. The lowest BCUT2D eigenvalue weighted by atomic mass is 9.84. The van der Waals surface area contributed by atoms with E-state index in [1.165, 1.54) is 6.34 Å². The van der Waals surface area contributed by atoms with Gasteiger partial charge in [0.15, 0.2) is 0 Å². The number of nitrogens with two attached hydrogens (primary N) is 1. The van der Waals surface area contributed by atoms with Gasteiger partial charge in [0.1, 0.15) is 6.34 Å². The molecule has 1 aliphatic heterocycles. The zero-order valence-corrected chi connectivity index (χ0v) is 12.0. The van der Waals surface area contributed by atoms with Gasteiger partial charge in [-0.15, -0.1) is 0 Å². The molecule has 102 valence electrons. The highest BCUT2D eigenvalue weighted by atomic mass is 14.8. The molecule has 0 amide bonds. The lowest BCUT2D eigenvalue weighted by Crippen LogP contribution is -2.16. The Morgan fingerprint density at radius 1 is 1.37 bits per heavy atom. The Morgan fingerprint density at radius 3 is 2.79 bits per heavy atom. The molecule has 1 rings (SSSR count). The van der Waals surface area contributed by atoms with Crippen LogP contribution in [0.25, 0.3) is 0 Å². The Labute approximate surface area is 115 Å². The summed E-state index contributed by atoms with van der Waals surface area (Å²) in [6, 6.07) is 0. The molecule has 0 bridgehead atoms.